The molecule has 0 amide bonds. The van der Waals surface area contributed by atoms with Crippen LogP contribution in [0.25, 0.3) is 0 Å². The smallest absolute Gasteiger partial charge is 0.0665 e. The number of hydrogen-bond acceptors (Lipinski definition) is 4. The van der Waals surface area contributed by atoms with Crippen molar-refractivity contribution >= 4 is 21.8 Å². The van der Waals surface area contributed by atoms with Crippen molar-refractivity contribution in [2.45, 2.75) is 0 Å². The van der Waals surface area contributed by atoms with Crippen LogP contribution in [0.4, 0.5) is 0 Å². The Morgan fingerprint density at radius 1 is 1.80 bits per heavy atom. The van der Waals surface area contributed by atoms with Gasteiger partial charge in [-0.2, -0.15) is 5.53 Å². The summed E-state index contributed by atoms with van der Waals surface area (Å²) < 4.78 is 2.98. The molecule has 0 aromatic heterocycles. The first kappa shape index (κ1) is 5.30. The second kappa shape index (κ2) is 4.30. The zero-order valence-electron chi connectivity index (χ0n) is 2.76. The van der Waals surface area contributed by atoms with Crippen LogP contribution in [0.3, 0.4) is 0 Å². The largest absolute Gasteiger partial charge is 0.197 e. The molecule has 0 atom stereocenters. The number of nitrogens with zero attached hydrogens (tertiary/aromatic N) is 1. The van der Waals surface area contributed by atoms with Crippen LogP contribution < -0.4 is 0 Å². The molecule has 0 radical (unpaired) electrons. The standard InChI is InChI=1S/CH4N2S2/c1-4-5-3-2/h2H,1H3. The predicted octanol–water partition coefficient (Wildman–Crippen LogP) is 1.94. The average molecular weight is 108 g/mol. The molecule has 0 rings (SSSR count). The van der Waals surface area contributed by atoms with Gasteiger partial charge in [-0.25, -0.2) is 0 Å². The van der Waals surface area contributed by atoms with Crippen LogP contribution in [-0.4, -0.2) is 6.26 Å². The SMILES string of the molecule is CSSN=N. The highest BCUT2D eigenvalue weighted by Gasteiger charge is 1.64. The van der Waals surface area contributed by atoms with Crippen molar-refractivity contribution < 1.29 is 0 Å². The van der Waals surface area contributed by atoms with Gasteiger partial charge in [0.25, 0.3) is 0 Å². The molecule has 0 aliphatic heterocycles. The Hall–Kier alpha value is 0.300. The van der Waals surface area contributed by atoms with Gasteiger partial charge in [-0.3, -0.25) is 0 Å². The van der Waals surface area contributed by atoms with Gasteiger partial charge in [0.2, 0.25) is 0 Å². The van der Waals surface area contributed by atoms with E-state index in [-0.39, 0.29) is 0 Å². The molecular weight excluding hydrogens is 104 g/mol. The predicted molar refractivity (Wildman–Crippen MR) is 26.3 cm³/mol. The van der Waals surface area contributed by atoms with Gasteiger partial charge in [-0.1, -0.05) is 10.8 Å². The van der Waals surface area contributed by atoms with Crippen LogP contribution in [0, 0.1) is 5.53 Å². The fourth-order valence-corrected chi connectivity index (χ4v) is 0.335. The van der Waals surface area contributed by atoms with Crippen molar-refractivity contribution in [3.63, 3.8) is 0 Å². The molecule has 1 N–H and O–H groups in total. The van der Waals surface area contributed by atoms with Crippen LogP contribution in [0.5, 0.6) is 0 Å². The molecule has 0 aromatic carbocycles. The Balaban J connectivity index is 2.40. The van der Waals surface area contributed by atoms with E-state index in [0.29, 0.717) is 0 Å². The first-order valence-electron chi connectivity index (χ1n) is 0.981. The maximum absolute atomic E-state index is 6.17. The number of nitrogens with one attached hydrogen (secondary N) is 1. The molecular formula is CH4N2S2. The van der Waals surface area contributed by atoms with Crippen LogP contribution in [-0.2, 0) is 0 Å². The van der Waals surface area contributed by atoms with E-state index in [2.05, 4.69) is 4.52 Å². The molecule has 5 heavy (non-hydrogen) atoms. The van der Waals surface area contributed by atoms with Crippen molar-refractivity contribution in [2.24, 2.45) is 4.52 Å². The van der Waals surface area contributed by atoms with Crippen molar-refractivity contribution in [1.29, 1.82) is 5.53 Å². The Morgan fingerprint density at radius 3 is 2.40 bits per heavy atom. The van der Waals surface area contributed by atoms with E-state index in [4.69, 9.17) is 5.53 Å². The highest BCUT2D eigenvalue weighted by atomic mass is 33.1. The molecule has 2 nitrogen and oxygen atoms in total. The summed E-state index contributed by atoms with van der Waals surface area (Å²) in [7, 11) is 2.64. The van der Waals surface area contributed by atoms with Gasteiger partial charge in [0.1, 0.15) is 0 Å². The minimum Gasteiger partial charge on any atom is -0.197 e. The third kappa shape index (κ3) is 4.30. The van der Waals surface area contributed by atoms with E-state index in [1.165, 1.54) is 21.8 Å². The lowest BCUT2D eigenvalue weighted by Crippen LogP contribution is -1.28. The van der Waals surface area contributed by atoms with Gasteiger partial charge in [0.05, 0.1) is 11.0 Å². The van der Waals surface area contributed by atoms with Crippen LogP contribution in [0.2, 0.25) is 0 Å². The lowest BCUT2D eigenvalue weighted by atomic mass is 12.0. The number of rotatable bonds is 2. The Bertz CT molecular complexity index is 28.8. The molecule has 0 unspecified atom stereocenters. The Kier molecular flexibility index (Phi) is 4.56. The minimum absolute atomic E-state index is 1.17. The highest BCUT2D eigenvalue weighted by molar-refractivity contribution is 8.75. The van der Waals surface area contributed by atoms with Gasteiger partial charge in [-0.05, 0) is 6.26 Å². The molecule has 4 heteroatoms. The Labute approximate surface area is 38.8 Å². The third-order valence-electron chi connectivity index (χ3n) is 0.112. The molecule has 0 saturated carbocycles. The van der Waals surface area contributed by atoms with Gasteiger partial charge in [0.15, 0.2) is 0 Å². The minimum atomic E-state index is 1.17. The van der Waals surface area contributed by atoms with Crippen molar-refractivity contribution in [2.75, 3.05) is 6.26 Å². The van der Waals surface area contributed by atoms with Crippen molar-refractivity contribution in [1.82, 2.24) is 0 Å². The molecule has 0 fully saturated rings. The van der Waals surface area contributed by atoms with Gasteiger partial charge >= 0.3 is 0 Å². The van der Waals surface area contributed by atoms with Gasteiger partial charge in [-0.15, -0.1) is 4.52 Å². The molecule has 0 heterocycles. The summed E-state index contributed by atoms with van der Waals surface area (Å²) >= 11 is 0. The second-order valence-electron chi connectivity index (χ2n) is 0.332. The monoisotopic (exact) mass is 108 g/mol. The molecule has 0 bridgehead atoms. The molecule has 0 aliphatic carbocycles. The van der Waals surface area contributed by atoms with E-state index in [1.54, 1.807) is 0 Å². The van der Waals surface area contributed by atoms with Crippen LogP contribution in [0.1, 0.15) is 0 Å². The highest BCUT2D eigenvalue weighted by Crippen LogP contribution is 2.15. The summed E-state index contributed by atoms with van der Waals surface area (Å²) in [5, 5.41) is 0. The van der Waals surface area contributed by atoms with Crippen LogP contribution in [0.15, 0.2) is 4.52 Å². The average Bonchev–Trinajstić information content (AvgIpc) is 1.41. The molecule has 0 spiro atoms. The van der Waals surface area contributed by atoms with Crippen molar-refractivity contribution in [3.05, 3.63) is 0 Å². The topological polar surface area (TPSA) is 36.2 Å². The molecule has 0 saturated heterocycles. The first-order chi connectivity index (χ1) is 2.41. The van der Waals surface area contributed by atoms with E-state index >= 15 is 0 Å². The summed E-state index contributed by atoms with van der Waals surface area (Å²) in [4.78, 5) is 0. The van der Waals surface area contributed by atoms with Crippen molar-refractivity contribution in [3.8, 4) is 0 Å². The second-order valence-corrected chi connectivity index (χ2v) is 2.44. The third-order valence-corrected chi connectivity index (χ3v) is 1.01. The first-order valence-corrected chi connectivity index (χ1v) is 3.50. The van der Waals surface area contributed by atoms with Gasteiger partial charge in [0, 0.05) is 0 Å². The lowest BCUT2D eigenvalue weighted by Gasteiger charge is -1.70. The normalized spacial score (nSPS) is 7.40. The summed E-state index contributed by atoms with van der Waals surface area (Å²) in [5.74, 6) is 0. The summed E-state index contributed by atoms with van der Waals surface area (Å²) in [5.41, 5.74) is 6.17. The molecule has 0 aromatic rings. The summed E-state index contributed by atoms with van der Waals surface area (Å²) in [6.07, 6.45) is 1.88. The van der Waals surface area contributed by atoms with E-state index < -0.39 is 0 Å². The zero-order chi connectivity index (χ0) is 4.12. The molecule has 0 aliphatic rings. The van der Waals surface area contributed by atoms with E-state index in [1.807, 2.05) is 6.26 Å². The van der Waals surface area contributed by atoms with Crippen LogP contribution >= 0.6 is 21.8 Å². The van der Waals surface area contributed by atoms with Gasteiger partial charge < -0.3 is 0 Å². The maximum Gasteiger partial charge on any atom is 0.0665 e. The summed E-state index contributed by atoms with van der Waals surface area (Å²) in [6.45, 7) is 0. The van der Waals surface area contributed by atoms with E-state index in [9.17, 15) is 0 Å². The maximum atomic E-state index is 6.17. The lowest BCUT2D eigenvalue weighted by molar-refractivity contribution is 1.26. The summed E-state index contributed by atoms with van der Waals surface area (Å²) in [6, 6.07) is 0. The number of hydrogen-bond donors (Lipinski definition) is 1. The Morgan fingerprint density at radius 2 is 2.40 bits per heavy atom. The zero-order valence-corrected chi connectivity index (χ0v) is 4.40. The molecule has 30 valence electrons. The quantitative estimate of drug-likeness (QED) is 0.333. The fraction of sp³-hybridized carbons (Fsp3) is 1.00. The van der Waals surface area contributed by atoms with E-state index in [0.717, 1.165) is 0 Å². The fourth-order valence-electron chi connectivity index (χ4n) is 0.0373.